The average Bonchev–Trinajstić information content (AvgIpc) is 3.23. The van der Waals surface area contributed by atoms with Crippen molar-refractivity contribution in [2.45, 2.75) is 4.90 Å². The molecule has 0 bridgehead atoms. The zero-order chi connectivity index (χ0) is 22.0. The molecule has 0 aliphatic carbocycles. The molecule has 4 aromatic rings. The number of carbonyl (C=O) groups excluding carboxylic acids is 1. The fraction of sp³-hybridized carbons (Fsp3) is 0.0500. The second kappa shape index (κ2) is 8.51. The maximum absolute atomic E-state index is 13.0. The molecule has 0 aliphatic rings. The van der Waals surface area contributed by atoms with Gasteiger partial charge < -0.3 is 4.74 Å². The summed E-state index contributed by atoms with van der Waals surface area (Å²) in [4.78, 5) is 16.2. The summed E-state index contributed by atoms with van der Waals surface area (Å²) < 4.78 is 22.1. The summed E-state index contributed by atoms with van der Waals surface area (Å²) in [6.45, 7) is 0. The molecule has 1 N–H and O–H groups in total. The number of aromatic nitrogens is 4. The van der Waals surface area contributed by atoms with Gasteiger partial charge in [0.1, 0.15) is 22.6 Å². The smallest absolute Gasteiger partial charge is 0.339 e. The SMILES string of the molecule is COC(=O)c1ccc(S(=O)Nc2ccc(Cl)cc2-n2nnc3ncccc32)cc1C#N. The first-order valence-corrected chi connectivity index (χ1v) is 10.3. The van der Waals surface area contributed by atoms with Crippen LogP contribution in [0.1, 0.15) is 15.9 Å². The van der Waals surface area contributed by atoms with Crippen LogP contribution in [0.15, 0.2) is 59.6 Å². The van der Waals surface area contributed by atoms with Crippen LogP contribution in [0.4, 0.5) is 5.69 Å². The van der Waals surface area contributed by atoms with E-state index < -0.39 is 17.0 Å². The summed E-state index contributed by atoms with van der Waals surface area (Å²) >= 11 is 6.18. The number of pyridine rings is 1. The van der Waals surface area contributed by atoms with Gasteiger partial charge >= 0.3 is 5.97 Å². The fourth-order valence-electron chi connectivity index (χ4n) is 2.89. The van der Waals surface area contributed by atoms with Crippen LogP contribution in [0, 0.1) is 11.3 Å². The van der Waals surface area contributed by atoms with Crippen molar-refractivity contribution in [3.8, 4) is 11.8 Å². The number of rotatable bonds is 5. The molecule has 0 spiro atoms. The van der Waals surface area contributed by atoms with Crippen LogP contribution in [-0.2, 0) is 15.7 Å². The topological polar surface area (TPSA) is 123 Å². The Bertz CT molecular complexity index is 1380. The normalized spacial score (nSPS) is 11.6. The molecule has 2 aromatic carbocycles. The number of nitrogens with one attached hydrogen (secondary N) is 1. The number of ether oxygens (including phenoxy) is 1. The molecule has 0 fully saturated rings. The minimum atomic E-state index is -1.76. The van der Waals surface area contributed by atoms with Gasteiger partial charge in [0.25, 0.3) is 0 Å². The van der Waals surface area contributed by atoms with Crippen LogP contribution in [0.2, 0.25) is 5.02 Å². The number of anilines is 1. The summed E-state index contributed by atoms with van der Waals surface area (Å²) in [5.41, 5.74) is 2.24. The molecule has 2 heterocycles. The van der Waals surface area contributed by atoms with Crippen molar-refractivity contribution in [3.05, 3.63) is 70.9 Å². The Morgan fingerprint density at radius 3 is 2.87 bits per heavy atom. The Labute approximate surface area is 183 Å². The Morgan fingerprint density at radius 1 is 1.26 bits per heavy atom. The zero-order valence-corrected chi connectivity index (χ0v) is 17.5. The van der Waals surface area contributed by atoms with Crippen LogP contribution >= 0.6 is 11.6 Å². The number of halogens is 1. The van der Waals surface area contributed by atoms with Gasteiger partial charge in [0, 0.05) is 11.2 Å². The van der Waals surface area contributed by atoms with E-state index in [1.807, 2.05) is 6.07 Å². The van der Waals surface area contributed by atoms with Gasteiger partial charge in [0.15, 0.2) is 0 Å². The third kappa shape index (κ3) is 3.96. The molecular formula is C20H13ClN6O3S. The summed E-state index contributed by atoms with van der Waals surface area (Å²) in [7, 11) is -0.531. The van der Waals surface area contributed by atoms with Crippen molar-refractivity contribution in [2.75, 3.05) is 11.8 Å². The number of benzene rings is 2. The molecule has 0 aliphatic heterocycles. The lowest BCUT2D eigenvalue weighted by Crippen LogP contribution is -2.10. The largest absolute Gasteiger partial charge is 0.465 e. The van der Waals surface area contributed by atoms with Gasteiger partial charge in [-0.05, 0) is 48.5 Å². The first-order chi connectivity index (χ1) is 15.0. The summed E-state index contributed by atoms with van der Waals surface area (Å²) in [6.07, 6.45) is 1.61. The molecule has 0 saturated carbocycles. The lowest BCUT2D eigenvalue weighted by molar-refractivity contribution is 0.0600. The molecular weight excluding hydrogens is 440 g/mol. The number of nitriles is 1. The standard InChI is InChI=1S/C20H13ClN6O3S/c1-30-20(28)15-6-5-14(9-12(15)11-22)31(29)25-16-7-4-13(21)10-18(16)27-17-3-2-8-23-19(17)24-26-27/h2-10,25H,1H3. The Balaban J connectivity index is 1.72. The monoisotopic (exact) mass is 452 g/mol. The molecule has 4 rings (SSSR count). The number of methoxy groups -OCH3 is 1. The number of hydrogen-bond acceptors (Lipinski definition) is 7. The average molecular weight is 453 g/mol. The molecule has 11 heteroatoms. The van der Waals surface area contributed by atoms with Crippen LogP contribution < -0.4 is 4.72 Å². The second-order valence-corrected chi connectivity index (χ2v) is 7.84. The Hall–Kier alpha value is -3.81. The maximum atomic E-state index is 13.0. The molecule has 0 radical (unpaired) electrons. The van der Waals surface area contributed by atoms with Gasteiger partial charge in [0.2, 0.25) is 5.65 Å². The number of fused-ring (bicyclic) bond motifs is 1. The summed E-state index contributed by atoms with van der Waals surface area (Å²) in [5.74, 6) is -0.645. The third-order valence-corrected chi connectivity index (χ3v) is 5.67. The molecule has 2 aromatic heterocycles. The van der Waals surface area contributed by atoms with Crippen LogP contribution in [0.25, 0.3) is 16.9 Å². The second-order valence-electron chi connectivity index (χ2n) is 6.19. The number of hydrogen-bond donors (Lipinski definition) is 1. The van der Waals surface area contributed by atoms with Crippen molar-refractivity contribution >= 4 is 45.4 Å². The summed E-state index contributed by atoms with van der Waals surface area (Å²) in [5, 5.41) is 18.0. The number of carbonyl (C=O) groups is 1. The summed E-state index contributed by atoms with van der Waals surface area (Å²) in [6, 6.07) is 14.7. The van der Waals surface area contributed by atoms with Gasteiger partial charge in [-0.2, -0.15) is 5.26 Å². The minimum Gasteiger partial charge on any atom is -0.465 e. The highest BCUT2D eigenvalue weighted by molar-refractivity contribution is 7.86. The van der Waals surface area contributed by atoms with E-state index in [0.29, 0.717) is 32.5 Å². The van der Waals surface area contributed by atoms with E-state index in [-0.39, 0.29) is 11.1 Å². The Morgan fingerprint density at radius 2 is 2.10 bits per heavy atom. The van der Waals surface area contributed by atoms with E-state index in [1.54, 1.807) is 36.5 Å². The zero-order valence-electron chi connectivity index (χ0n) is 15.9. The Kier molecular flexibility index (Phi) is 5.62. The van der Waals surface area contributed by atoms with Gasteiger partial charge in [-0.1, -0.05) is 16.8 Å². The quantitative estimate of drug-likeness (QED) is 0.461. The van der Waals surface area contributed by atoms with Crippen LogP contribution in [0.5, 0.6) is 0 Å². The van der Waals surface area contributed by atoms with Gasteiger partial charge in [-0.3, -0.25) is 4.72 Å². The highest BCUT2D eigenvalue weighted by atomic mass is 35.5. The molecule has 154 valence electrons. The highest BCUT2D eigenvalue weighted by Gasteiger charge is 2.17. The number of esters is 1. The van der Waals surface area contributed by atoms with E-state index in [0.717, 1.165) is 0 Å². The van der Waals surface area contributed by atoms with Gasteiger partial charge in [-0.15, -0.1) is 5.10 Å². The van der Waals surface area contributed by atoms with E-state index in [4.69, 9.17) is 11.6 Å². The van der Waals surface area contributed by atoms with E-state index >= 15 is 0 Å². The predicted octanol–water partition coefficient (Wildman–Crippen LogP) is 3.26. The molecule has 31 heavy (non-hydrogen) atoms. The molecule has 0 saturated heterocycles. The van der Waals surface area contributed by atoms with E-state index in [2.05, 4.69) is 24.8 Å². The van der Waals surface area contributed by atoms with E-state index in [9.17, 15) is 14.3 Å². The molecule has 0 amide bonds. The third-order valence-electron chi connectivity index (χ3n) is 4.34. The van der Waals surface area contributed by atoms with Crippen molar-refractivity contribution < 1.29 is 13.7 Å². The van der Waals surface area contributed by atoms with Crippen molar-refractivity contribution in [1.29, 1.82) is 5.26 Å². The first-order valence-electron chi connectivity index (χ1n) is 8.79. The van der Waals surface area contributed by atoms with Crippen molar-refractivity contribution in [2.24, 2.45) is 0 Å². The fourth-order valence-corrected chi connectivity index (χ4v) is 3.96. The lowest BCUT2D eigenvalue weighted by atomic mass is 10.1. The van der Waals surface area contributed by atoms with Gasteiger partial charge in [0.05, 0.1) is 34.5 Å². The molecule has 1 atom stereocenters. The van der Waals surface area contributed by atoms with Gasteiger partial charge in [-0.25, -0.2) is 18.7 Å². The first kappa shape index (κ1) is 20.5. The number of nitrogens with zero attached hydrogens (tertiary/aromatic N) is 5. The minimum absolute atomic E-state index is 0.0594. The molecule has 9 nitrogen and oxygen atoms in total. The van der Waals surface area contributed by atoms with E-state index in [1.165, 1.54) is 30.0 Å². The molecule has 1 unspecified atom stereocenters. The van der Waals surface area contributed by atoms with Crippen molar-refractivity contribution in [1.82, 2.24) is 20.0 Å². The van der Waals surface area contributed by atoms with Crippen molar-refractivity contribution in [3.63, 3.8) is 0 Å². The predicted molar refractivity (Wildman–Crippen MR) is 114 cm³/mol. The van der Waals surface area contributed by atoms with Crippen LogP contribution in [0.3, 0.4) is 0 Å². The highest BCUT2D eigenvalue weighted by Crippen LogP contribution is 2.28. The van der Waals surface area contributed by atoms with Crippen LogP contribution in [-0.4, -0.2) is 37.3 Å². The maximum Gasteiger partial charge on any atom is 0.339 e. The lowest BCUT2D eigenvalue weighted by Gasteiger charge is -2.13.